The predicted octanol–water partition coefficient (Wildman–Crippen LogP) is 1.04. The molecule has 1 aromatic heterocycles. The molecular weight excluding hydrogens is 276 g/mol. The summed E-state index contributed by atoms with van der Waals surface area (Å²) in [5.41, 5.74) is 0. The van der Waals surface area contributed by atoms with Gasteiger partial charge in [0.15, 0.2) is 0 Å². The molecule has 1 aliphatic rings. The number of methoxy groups -OCH3 is 1. The van der Waals surface area contributed by atoms with Crippen molar-refractivity contribution in [2.45, 2.75) is 17.7 Å². The summed E-state index contributed by atoms with van der Waals surface area (Å²) in [4.78, 5) is 3.75. The highest BCUT2D eigenvalue weighted by Crippen LogP contribution is 2.20. The van der Waals surface area contributed by atoms with Crippen LogP contribution in [-0.4, -0.2) is 36.2 Å². The second-order valence-corrected chi connectivity index (χ2v) is 8.35. The number of hydrogen-bond acceptors (Lipinski definition) is 5. The molecule has 0 aromatic carbocycles. The summed E-state index contributed by atoms with van der Waals surface area (Å²) < 4.78 is 44.5. The second-order valence-electron chi connectivity index (χ2n) is 3.97. The molecule has 0 unspecified atom stereocenters. The SMILES string of the molecule is COc1ccc(S(=O)(=O)N=S2(=O)CCCC2)cn1. The average Bonchev–Trinajstić information content (AvgIpc) is 2.75. The Morgan fingerprint density at radius 2 is 2.00 bits per heavy atom. The van der Waals surface area contributed by atoms with Crippen LogP contribution in [-0.2, 0) is 19.8 Å². The predicted molar refractivity (Wildman–Crippen MR) is 67.5 cm³/mol. The van der Waals surface area contributed by atoms with Crippen LogP contribution in [0.1, 0.15) is 12.8 Å². The first-order valence-electron chi connectivity index (χ1n) is 5.44. The summed E-state index contributed by atoms with van der Waals surface area (Å²) in [5.74, 6) is 1.03. The van der Waals surface area contributed by atoms with Crippen molar-refractivity contribution in [2.75, 3.05) is 18.6 Å². The van der Waals surface area contributed by atoms with E-state index in [1.807, 2.05) is 0 Å². The van der Waals surface area contributed by atoms with Gasteiger partial charge in [0.05, 0.1) is 23.0 Å². The van der Waals surface area contributed by atoms with Gasteiger partial charge in [-0.3, -0.25) is 0 Å². The number of nitrogens with zero attached hydrogens (tertiary/aromatic N) is 2. The molecule has 1 aliphatic heterocycles. The number of rotatable bonds is 3. The lowest BCUT2D eigenvalue weighted by Crippen LogP contribution is -2.07. The van der Waals surface area contributed by atoms with Crippen molar-refractivity contribution in [1.29, 1.82) is 0 Å². The van der Waals surface area contributed by atoms with E-state index in [2.05, 4.69) is 8.75 Å². The summed E-state index contributed by atoms with van der Waals surface area (Å²) >= 11 is 0. The van der Waals surface area contributed by atoms with E-state index in [4.69, 9.17) is 4.74 Å². The van der Waals surface area contributed by atoms with Crippen LogP contribution in [0.3, 0.4) is 0 Å². The molecule has 2 rings (SSSR count). The highest BCUT2D eigenvalue weighted by molar-refractivity contribution is 8.03. The zero-order valence-corrected chi connectivity index (χ0v) is 11.5. The Morgan fingerprint density at radius 1 is 1.33 bits per heavy atom. The molecule has 0 saturated carbocycles. The van der Waals surface area contributed by atoms with Crippen molar-refractivity contribution in [3.8, 4) is 5.88 Å². The van der Waals surface area contributed by atoms with Crippen LogP contribution in [0, 0.1) is 0 Å². The zero-order valence-electron chi connectivity index (χ0n) is 9.90. The van der Waals surface area contributed by atoms with E-state index in [0.29, 0.717) is 17.4 Å². The molecule has 1 aromatic rings. The summed E-state index contributed by atoms with van der Waals surface area (Å²) in [6, 6.07) is 2.78. The first-order valence-corrected chi connectivity index (χ1v) is 8.73. The Labute approximate surface area is 107 Å². The lowest BCUT2D eigenvalue weighted by Gasteiger charge is -2.03. The van der Waals surface area contributed by atoms with Gasteiger partial charge in [-0.1, -0.05) is 0 Å². The standard InChI is InChI=1S/C10H14N2O4S2/c1-16-10-5-4-9(8-11-10)18(14,15)12-17(13)6-2-3-7-17/h4-5,8H,2-3,6-7H2,1H3. The molecule has 0 N–H and O–H groups in total. The fourth-order valence-corrected chi connectivity index (χ4v) is 6.01. The Hall–Kier alpha value is -1.15. The number of aromatic nitrogens is 1. The average molecular weight is 290 g/mol. The molecule has 1 saturated heterocycles. The van der Waals surface area contributed by atoms with Gasteiger partial charge in [-0.05, 0) is 18.9 Å². The van der Waals surface area contributed by atoms with Gasteiger partial charge in [0.2, 0.25) is 5.88 Å². The molecule has 100 valence electrons. The van der Waals surface area contributed by atoms with E-state index in [1.54, 1.807) is 0 Å². The maximum absolute atomic E-state index is 12.1. The van der Waals surface area contributed by atoms with Crippen molar-refractivity contribution in [2.24, 2.45) is 3.77 Å². The van der Waals surface area contributed by atoms with E-state index in [-0.39, 0.29) is 4.90 Å². The molecule has 6 nitrogen and oxygen atoms in total. The minimum absolute atomic E-state index is 0.0575. The first-order chi connectivity index (χ1) is 8.45. The van der Waals surface area contributed by atoms with Crippen LogP contribution in [0.25, 0.3) is 0 Å². The lowest BCUT2D eigenvalue weighted by atomic mass is 10.4. The zero-order chi connectivity index (χ0) is 13.2. The lowest BCUT2D eigenvalue weighted by molar-refractivity contribution is 0.397. The monoisotopic (exact) mass is 290 g/mol. The normalized spacial score (nSPS) is 18.5. The third-order valence-corrected chi connectivity index (χ3v) is 7.19. The number of ether oxygens (including phenoxy) is 1. The third kappa shape index (κ3) is 2.81. The summed E-state index contributed by atoms with van der Waals surface area (Å²) in [6.07, 6.45) is 2.69. The van der Waals surface area contributed by atoms with Crippen molar-refractivity contribution < 1.29 is 17.4 Å². The van der Waals surface area contributed by atoms with E-state index in [0.717, 1.165) is 19.0 Å². The smallest absolute Gasteiger partial charge is 0.291 e. The summed E-state index contributed by atoms with van der Waals surface area (Å²) in [5, 5.41) is 0. The fraction of sp³-hybridized carbons (Fsp3) is 0.500. The van der Waals surface area contributed by atoms with E-state index in [1.165, 1.54) is 19.2 Å². The molecule has 8 heteroatoms. The minimum Gasteiger partial charge on any atom is -0.481 e. The molecule has 0 radical (unpaired) electrons. The topological polar surface area (TPSA) is 85.7 Å². The molecule has 0 amide bonds. The molecule has 2 heterocycles. The fourth-order valence-electron chi connectivity index (χ4n) is 1.69. The van der Waals surface area contributed by atoms with Crippen LogP contribution in [0.4, 0.5) is 0 Å². The molecule has 0 aliphatic carbocycles. The van der Waals surface area contributed by atoms with Gasteiger partial charge in [0, 0.05) is 17.6 Å². The maximum atomic E-state index is 12.1. The quantitative estimate of drug-likeness (QED) is 0.830. The highest BCUT2D eigenvalue weighted by Gasteiger charge is 2.22. The Morgan fingerprint density at radius 3 is 2.50 bits per heavy atom. The van der Waals surface area contributed by atoms with Gasteiger partial charge in [-0.2, -0.15) is 8.42 Å². The Bertz CT molecular complexity index is 631. The Kier molecular flexibility index (Phi) is 3.58. The molecule has 0 spiro atoms. The van der Waals surface area contributed by atoms with Crippen molar-refractivity contribution in [3.05, 3.63) is 18.3 Å². The van der Waals surface area contributed by atoms with E-state index < -0.39 is 19.8 Å². The number of hydrogen-bond donors (Lipinski definition) is 0. The van der Waals surface area contributed by atoms with Gasteiger partial charge in [-0.25, -0.2) is 9.19 Å². The molecule has 1 fully saturated rings. The van der Waals surface area contributed by atoms with Gasteiger partial charge in [0.1, 0.15) is 4.90 Å². The van der Waals surface area contributed by atoms with E-state index >= 15 is 0 Å². The molecule has 18 heavy (non-hydrogen) atoms. The van der Waals surface area contributed by atoms with Crippen LogP contribution in [0.2, 0.25) is 0 Å². The van der Waals surface area contributed by atoms with Crippen LogP contribution >= 0.6 is 0 Å². The minimum atomic E-state index is -3.90. The van der Waals surface area contributed by atoms with Crippen molar-refractivity contribution in [3.63, 3.8) is 0 Å². The largest absolute Gasteiger partial charge is 0.481 e. The summed E-state index contributed by atoms with van der Waals surface area (Å²) in [7, 11) is -5.05. The molecule has 0 bridgehead atoms. The number of pyridine rings is 1. The van der Waals surface area contributed by atoms with Gasteiger partial charge in [-0.15, -0.1) is 3.77 Å². The van der Waals surface area contributed by atoms with Crippen LogP contribution in [0.5, 0.6) is 5.88 Å². The van der Waals surface area contributed by atoms with Crippen LogP contribution in [0.15, 0.2) is 27.0 Å². The molecule has 0 atom stereocenters. The van der Waals surface area contributed by atoms with Crippen molar-refractivity contribution in [1.82, 2.24) is 4.98 Å². The van der Waals surface area contributed by atoms with Gasteiger partial charge < -0.3 is 4.74 Å². The highest BCUT2D eigenvalue weighted by atomic mass is 32.3. The second kappa shape index (κ2) is 4.85. The first kappa shape index (κ1) is 13.3. The van der Waals surface area contributed by atoms with Gasteiger partial charge in [0.25, 0.3) is 10.0 Å². The number of sulfonamides is 1. The van der Waals surface area contributed by atoms with Crippen molar-refractivity contribution >= 4 is 19.8 Å². The summed E-state index contributed by atoms with van der Waals surface area (Å²) in [6.45, 7) is 0. The maximum Gasteiger partial charge on any atom is 0.291 e. The van der Waals surface area contributed by atoms with Gasteiger partial charge >= 0.3 is 0 Å². The Balaban J connectivity index is 2.39. The third-order valence-electron chi connectivity index (χ3n) is 2.63. The van der Waals surface area contributed by atoms with Crippen LogP contribution < -0.4 is 4.74 Å². The van der Waals surface area contributed by atoms with E-state index in [9.17, 15) is 12.6 Å². The molecular formula is C10H14N2O4S2.